The fourth-order valence-electron chi connectivity index (χ4n) is 3.44. The van der Waals surface area contributed by atoms with Gasteiger partial charge in [-0.3, -0.25) is 0 Å². The summed E-state index contributed by atoms with van der Waals surface area (Å²) in [5.41, 5.74) is 0. The summed E-state index contributed by atoms with van der Waals surface area (Å²) in [6.45, 7) is 2.26. The molecule has 0 nitrogen and oxygen atoms in total. The first-order valence-corrected chi connectivity index (χ1v) is 11.2. The van der Waals surface area contributed by atoms with Crippen molar-refractivity contribution in [1.29, 1.82) is 0 Å². The third-order valence-corrected chi connectivity index (χ3v) is 10.5. The number of rotatable bonds is 5. The van der Waals surface area contributed by atoms with Crippen molar-refractivity contribution in [3.05, 3.63) is 91.0 Å². The predicted molar refractivity (Wildman–Crippen MR) is 110 cm³/mol. The second kappa shape index (κ2) is 7.43. The molecule has 2 heteroatoms. The van der Waals surface area contributed by atoms with Crippen LogP contribution in [0.25, 0.3) is 0 Å². The van der Waals surface area contributed by atoms with Crippen molar-refractivity contribution in [3.8, 4) is 0 Å². The summed E-state index contributed by atoms with van der Waals surface area (Å²) in [6, 6.07) is 33.2. The average molecular weight is 385 g/mol. The van der Waals surface area contributed by atoms with E-state index >= 15 is 0 Å². The number of hydrogen-bond acceptors (Lipinski definition) is 0. The molecule has 0 fully saturated rings. The summed E-state index contributed by atoms with van der Waals surface area (Å²) in [4.78, 5) is 0.467. The third kappa shape index (κ3) is 3.42. The second-order valence-corrected chi connectivity index (χ2v) is 11.5. The van der Waals surface area contributed by atoms with Gasteiger partial charge < -0.3 is 0 Å². The molecule has 0 spiro atoms. The first kappa shape index (κ1) is 16.4. The molecule has 3 rings (SSSR count). The summed E-state index contributed by atoms with van der Waals surface area (Å²) in [5, 5.41) is 4.43. The maximum atomic E-state index is 3.84. The van der Waals surface area contributed by atoms with Crippen molar-refractivity contribution in [1.82, 2.24) is 0 Å². The predicted octanol–water partition coefficient (Wildman–Crippen LogP) is 4.50. The zero-order valence-corrected chi connectivity index (χ0v) is 15.9. The molecule has 1 atom stereocenters. The topological polar surface area (TPSA) is 0 Å². The van der Waals surface area contributed by atoms with Gasteiger partial charge in [-0.1, -0.05) is 0 Å². The van der Waals surface area contributed by atoms with Gasteiger partial charge in [0.2, 0.25) is 0 Å². The van der Waals surface area contributed by atoms with Gasteiger partial charge in [0.25, 0.3) is 0 Å². The normalized spacial score (nSPS) is 13.5. The molecular formula is C21H22BrP. The van der Waals surface area contributed by atoms with Gasteiger partial charge in [0.15, 0.2) is 0 Å². The van der Waals surface area contributed by atoms with Crippen LogP contribution in [0, 0.1) is 0 Å². The van der Waals surface area contributed by atoms with Crippen LogP contribution < -0.4 is 15.9 Å². The fraction of sp³-hybridized carbons (Fsp3) is 0.143. The molecule has 0 aliphatic heterocycles. The summed E-state index contributed by atoms with van der Waals surface area (Å²) in [7, 11) is -2.03. The summed E-state index contributed by atoms with van der Waals surface area (Å²) < 4.78 is 0. The molecule has 0 N–H and O–H groups in total. The molecule has 0 heterocycles. The summed E-state index contributed by atoms with van der Waals surface area (Å²) >= 11 is 3.84. The molecular weight excluding hydrogens is 363 g/mol. The van der Waals surface area contributed by atoms with Crippen LogP contribution in [0.15, 0.2) is 91.0 Å². The first-order chi connectivity index (χ1) is 11.2. The van der Waals surface area contributed by atoms with Crippen LogP contribution in [0.2, 0.25) is 0 Å². The zero-order valence-electron chi connectivity index (χ0n) is 13.3. The molecule has 0 saturated heterocycles. The van der Waals surface area contributed by atoms with Gasteiger partial charge in [-0.2, -0.15) is 0 Å². The van der Waals surface area contributed by atoms with E-state index in [1.165, 1.54) is 15.9 Å². The van der Waals surface area contributed by atoms with Gasteiger partial charge in [-0.05, 0) is 0 Å². The first-order valence-electron chi connectivity index (χ1n) is 8.04. The Morgan fingerprint density at radius 3 is 1.22 bits per heavy atom. The van der Waals surface area contributed by atoms with Crippen molar-refractivity contribution < 1.29 is 0 Å². The minimum atomic E-state index is -2.03. The fourth-order valence-corrected chi connectivity index (χ4v) is 9.74. The Kier molecular flexibility index (Phi) is 5.30. The van der Waals surface area contributed by atoms with Crippen molar-refractivity contribution in [2.24, 2.45) is 0 Å². The van der Waals surface area contributed by atoms with E-state index in [0.29, 0.717) is 4.83 Å². The number of hydrogen-bond donors (Lipinski definition) is 0. The van der Waals surface area contributed by atoms with E-state index in [0.717, 1.165) is 6.16 Å². The monoisotopic (exact) mass is 384 g/mol. The standard InChI is InChI=1S/C21H22BrP/c1-18(22)17-23(19-11-5-2-6-12-19,20-13-7-3-8-14-20)21-15-9-4-10-16-21/h2-16,18,23H,17H2,1H3. The quantitative estimate of drug-likeness (QED) is 0.448. The Labute approximate surface area is 148 Å². The van der Waals surface area contributed by atoms with Crippen molar-refractivity contribution in [3.63, 3.8) is 0 Å². The second-order valence-electron chi connectivity index (χ2n) is 5.99. The van der Waals surface area contributed by atoms with Gasteiger partial charge in [-0.15, -0.1) is 0 Å². The Hall–Kier alpha value is -1.43. The minimum absolute atomic E-state index is 0.467. The molecule has 0 aromatic heterocycles. The molecule has 0 bridgehead atoms. The molecule has 0 aliphatic rings. The SMILES string of the molecule is CC(Br)C[PH](c1ccccc1)(c1ccccc1)c1ccccc1. The molecule has 3 aromatic carbocycles. The third-order valence-electron chi connectivity index (χ3n) is 4.39. The van der Waals surface area contributed by atoms with Crippen LogP contribution in [0.3, 0.4) is 0 Å². The van der Waals surface area contributed by atoms with Crippen LogP contribution >= 0.6 is 23.2 Å². The van der Waals surface area contributed by atoms with Gasteiger partial charge in [0.05, 0.1) is 0 Å². The average Bonchev–Trinajstić information content (AvgIpc) is 2.62. The van der Waals surface area contributed by atoms with E-state index in [2.05, 4.69) is 114 Å². The molecule has 118 valence electrons. The number of alkyl halides is 1. The van der Waals surface area contributed by atoms with Crippen LogP contribution in [0.1, 0.15) is 6.92 Å². The van der Waals surface area contributed by atoms with Gasteiger partial charge in [0.1, 0.15) is 0 Å². The zero-order chi connectivity index (χ0) is 16.1. The molecule has 0 amide bonds. The van der Waals surface area contributed by atoms with E-state index < -0.39 is 7.26 Å². The Morgan fingerprint density at radius 2 is 0.957 bits per heavy atom. The van der Waals surface area contributed by atoms with E-state index in [9.17, 15) is 0 Å². The molecule has 3 aromatic rings. The van der Waals surface area contributed by atoms with Crippen molar-refractivity contribution in [2.75, 3.05) is 6.16 Å². The Morgan fingerprint density at radius 1 is 0.652 bits per heavy atom. The van der Waals surface area contributed by atoms with Gasteiger partial charge in [0, 0.05) is 0 Å². The Balaban J connectivity index is 2.30. The van der Waals surface area contributed by atoms with Crippen LogP contribution in [0.4, 0.5) is 0 Å². The van der Waals surface area contributed by atoms with E-state index in [1.807, 2.05) is 0 Å². The van der Waals surface area contributed by atoms with E-state index in [1.54, 1.807) is 0 Å². The van der Waals surface area contributed by atoms with Crippen LogP contribution in [-0.2, 0) is 0 Å². The molecule has 1 unspecified atom stereocenters. The maximum absolute atomic E-state index is 3.84. The van der Waals surface area contributed by atoms with Gasteiger partial charge >= 0.3 is 148 Å². The summed E-state index contributed by atoms with van der Waals surface area (Å²) in [6.07, 6.45) is 1.14. The summed E-state index contributed by atoms with van der Waals surface area (Å²) in [5.74, 6) is 0. The van der Waals surface area contributed by atoms with Crippen LogP contribution in [-0.4, -0.2) is 11.0 Å². The number of halogens is 1. The van der Waals surface area contributed by atoms with Crippen molar-refractivity contribution in [2.45, 2.75) is 11.8 Å². The number of benzene rings is 3. The molecule has 0 aliphatic carbocycles. The van der Waals surface area contributed by atoms with Crippen LogP contribution in [0.5, 0.6) is 0 Å². The molecule has 0 saturated carbocycles. The molecule has 0 radical (unpaired) electrons. The van der Waals surface area contributed by atoms with E-state index in [-0.39, 0.29) is 0 Å². The van der Waals surface area contributed by atoms with Gasteiger partial charge in [-0.25, -0.2) is 0 Å². The molecule has 23 heavy (non-hydrogen) atoms. The Bertz CT molecular complexity index is 627. The van der Waals surface area contributed by atoms with Crippen molar-refractivity contribution >= 4 is 39.1 Å². The van der Waals surface area contributed by atoms with E-state index in [4.69, 9.17) is 0 Å².